The van der Waals surface area contributed by atoms with Gasteiger partial charge < -0.3 is 23.3 Å². The monoisotopic (exact) mass is 599 g/mol. The largest absolute Gasteiger partial charge is 0.500 e. The van der Waals surface area contributed by atoms with Crippen LogP contribution in [0.4, 0.5) is 11.4 Å². The minimum atomic E-state index is -2.62. The van der Waals surface area contributed by atoms with Gasteiger partial charge in [-0.05, 0) is 83.4 Å². The van der Waals surface area contributed by atoms with E-state index in [9.17, 15) is 4.79 Å². The Balaban J connectivity index is 1.43. The first-order valence-corrected chi connectivity index (χ1v) is 17.8. The average Bonchev–Trinajstić information content (AvgIpc) is 2.99. The number of nitrogens with one attached hydrogen (secondary N) is 1. The summed E-state index contributed by atoms with van der Waals surface area (Å²) in [4.78, 5) is 12.2. The summed E-state index contributed by atoms with van der Waals surface area (Å²) in [6, 6.07) is 16.5. The standard InChI is InChI=1S/C33H53N3O5Si/c1-5-39-42(40-6-2,41-7-3)28-16-26-34-33(37)17-14-12-10-8-9-11-13-15-27-38-32-24-22-31(23-25-32)36-35-30-20-18-29(4)19-21-30/h18-25H,5-17,26-28H2,1-4H3,(H,34,37). The van der Waals surface area contributed by atoms with Crippen LogP contribution >= 0.6 is 0 Å². The zero-order chi connectivity index (χ0) is 30.3. The van der Waals surface area contributed by atoms with E-state index in [0.717, 1.165) is 55.5 Å². The molecule has 8 nitrogen and oxygen atoms in total. The zero-order valence-corrected chi connectivity index (χ0v) is 27.4. The van der Waals surface area contributed by atoms with E-state index in [2.05, 4.69) is 22.5 Å². The Morgan fingerprint density at radius 2 is 1.19 bits per heavy atom. The molecule has 0 atom stereocenters. The molecule has 0 saturated heterocycles. The second-order valence-corrected chi connectivity index (χ2v) is 13.1. The molecule has 0 spiro atoms. The number of aryl methyl sites for hydroxylation is 1. The van der Waals surface area contributed by atoms with Crippen LogP contribution in [-0.4, -0.2) is 47.7 Å². The molecule has 0 unspecified atom stereocenters. The average molecular weight is 600 g/mol. The molecule has 0 aliphatic rings. The van der Waals surface area contributed by atoms with Gasteiger partial charge >= 0.3 is 8.80 Å². The van der Waals surface area contributed by atoms with Crippen molar-refractivity contribution in [3.8, 4) is 5.75 Å². The van der Waals surface area contributed by atoms with E-state index in [-0.39, 0.29) is 5.91 Å². The van der Waals surface area contributed by atoms with Crippen LogP contribution in [0.2, 0.25) is 6.04 Å². The molecule has 0 radical (unpaired) electrons. The number of carbonyl (C=O) groups is 1. The van der Waals surface area contributed by atoms with E-state index in [4.69, 9.17) is 18.0 Å². The van der Waals surface area contributed by atoms with Crippen LogP contribution in [-0.2, 0) is 18.1 Å². The molecule has 1 N–H and O–H groups in total. The molecular weight excluding hydrogens is 546 g/mol. The quantitative estimate of drug-likeness (QED) is 0.0739. The van der Waals surface area contributed by atoms with Crippen LogP contribution in [0.15, 0.2) is 58.8 Å². The third kappa shape index (κ3) is 15.6. The predicted octanol–water partition coefficient (Wildman–Crippen LogP) is 8.85. The Labute approximate surface area is 255 Å². The smallest absolute Gasteiger partial charge is 0.494 e. The molecule has 0 aliphatic carbocycles. The SMILES string of the molecule is CCO[Si](CCCNC(=O)CCCCCCCCCCOc1ccc(N=Nc2ccc(C)cc2)cc1)(OCC)OCC. The van der Waals surface area contributed by atoms with Crippen LogP contribution in [0.25, 0.3) is 0 Å². The van der Waals surface area contributed by atoms with E-state index < -0.39 is 8.80 Å². The number of nitrogens with zero attached hydrogens (tertiary/aromatic N) is 2. The molecule has 0 aliphatic heterocycles. The van der Waals surface area contributed by atoms with Gasteiger partial charge in [0.2, 0.25) is 5.91 Å². The third-order valence-corrected chi connectivity index (χ3v) is 9.94. The maximum Gasteiger partial charge on any atom is 0.500 e. The van der Waals surface area contributed by atoms with Gasteiger partial charge in [0, 0.05) is 38.8 Å². The number of unbranched alkanes of at least 4 members (excludes halogenated alkanes) is 7. The van der Waals surface area contributed by atoms with Gasteiger partial charge in [-0.25, -0.2) is 0 Å². The highest BCUT2D eigenvalue weighted by Crippen LogP contribution is 2.22. The maximum atomic E-state index is 12.2. The molecule has 2 aromatic rings. The summed E-state index contributed by atoms with van der Waals surface area (Å²) in [7, 11) is -2.62. The second kappa shape index (κ2) is 22.0. The fourth-order valence-electron chi connectivity index (χ4n) is 4.60. The third-order valence-electron chi connectivity index (χ3n) is 6.79. The summed E-state index contributed by atoms with van der Waals surface area (Å²) in [5.74, 6) is 0.998. The van der Waals surface area contributed by atoms with Crippen molar-refractivity contribution in [3.63, 3.8) is 0 Å². The number of benzene rings is 2. The molecule has 42 heavy (non-hydrogen) atoms. The summed E-state index contributed by atoms with van der Waals surface area (Å²) in [5.41, 5.74) is 2.86. The zero-order valence-electron chi connectivity index (χ0n) is 26.4. The molecule has 9 heteroatoms. The van der Waals surface area contributed by atoms with Gasteiger partial charge in [0.1, 0.15) is 5.75 Å². The first-order chi connectivity index (χ1) is 20.5. The maximum absolute atomic E-state index is 12.2. The molecule has 1 amide bonds. The van der Waals surface area contributed by atoms with Crippen LogP contribution < -0.4 is 10.1 Å². The van der Waals surface area contributed by atoms with Crippen molar-refractivity contribution in [1.82, 2.24) is 5.32 Å². The minimum absolute atomic E-state index is 0.132. The van der Waals surface area contributed by atoms with Crippen LogP contribution in [0.1, 0.15) is 90.5 Å². The molecule has 0 fully saturated rings. The van der Waals surface area contributed by atoms with Gasteiger partial charge in [-0.1, -0.05) is 56.2 Å². The van der Waals surface area contributed by atoms with Crippen molar-refractivity contribution >= 4 is 26.1 Å². The Morgan fingerprint density at radius 1 is 0.690 bits per heavy atom. The minimum Gasteiger partial charge on any atom is -0.494 e. The lowest BCUT2D eigenvalue weighted by molar-refractivity contribution is -0.121. The van der Waals surface area contributed by atoms with Crippen molar-refractivity contribution in [2.75, 3.05) is 33.0 Å². The first-order valence-electron chi connectivity index (χ1n) is 15.9. The molecule has 2 aromatic carbocycles. The van der Waals surface area contributed by atoms with Gasteiger partial charge in [-0.15, -0.1) is 0 Å². The van der Waals surface area contributed by atoms with Gasteiger partial charge in [0.25, 0.3) is 0 Å². The van der Waals surface area contributed by atoms with E-state index in [1.807, 2.05) is 69.3 Å². The Morgan fingerprint density at radius 3 is 1.74 bits per heavy atom. The number of ether oxygens (including phenoxy) is 1. The van der Waals surface area contributed by atoms with Gasteiger partial charge in [0.15, 0.2) is 0 Å². The first kappa shape index (κ1) is 35.6. The number of azo groups is 1. The lowest BCUT2D eigenvalue weighted by Crippen LogP contribution is -2.46. The highest BCUT2D eigenvalue weighted by molar-refractivity contribution is 6.60. The number of hydrogen-bond donors (Lipinski definition) is 1. The summed E-state index contributed by atoms with van der Waals surface area (Å²) in [5, 5.41) is 11.6. The van der Waals surface area contributed by atoms with Crippen molar-refractivity contribution < 1.29 is 22.8 Å². The fraction of sp³-hybridized carbons (Fsp3) is 0.606. The van der Waals surface area contributed by atoms with E-state index >= 15 is 0 Å². The summed E-state index contributed by atoms with van der Waals surface area (Å²) >= 11 is 0. The predicted molar refractivity (Wildman–Crippen MR) is 172 cm³/mol. The van der Waals surface area contributed by atoms with Gasteiger partial charge in [-0.2, -0.15) is 10.2 Å². The normalized spacial score (nSPS) is 11.7. The topological polar surface area (TPSA) is 90.7 Å². The Hall–Kier alpha value is -2.59. The lowest BCUT2D eigenvalue weighted by atomic mass is 10.1. The van der Waals surface area contributed by atoms with Crippen molar-refractivity contribution in [3.05, 3.63) is 54.1 Å². The van der Waals surface area contributed by atoms with Gasteiger partial charge in [0.05, 0.1) is 18.0 Å². The van der Waals surface area contributed by atoms with Gasteiger partial charge in [-0.3, -0.25) is 4.79 Å². The number of hydrogen-bond acceptors (Lipinski definition) is 7. The molecule has 2 rings (SSSR count). The number of carbonyl (C=O) groups excluding carboxylic acids is 1. The van der Waals surface area contributed by atoms with Crippen LogP contribution in [0.5, 0.6) is 5.75 Å². The van der Waals surface area contributed by atoms with Crippen molar-refractivity contribution in [1.29, 1.82) is 0 Å². The van der Waals surface area contributed by atoms with Crippen molar-refractivity contribution in [2.24, 2.45) is 10.2 Å². The van der Waals surface area contributed by atoms with E-state index in [1.54, 1.807) is 0 Å². The number of rotatable bonds is 24. The second-order valence-electron chi connectivity index (χ2n) is 10.4. The summed E-state index contributed by atoms with van der Waals surface area (Å²) in [6.45, 7) is 11.0. The van der Waals surface area contributed by atoms with Crippen LogP contribution in [0, 0.1) is 6.92 Å². The molecule has 234 valence electrons. The fourth-order valence-corrected chi connectivity index (χ4v) is 7.21. The molecule has 0 aromatic heterocycles. The lowest BCUT2D eigenvalue weighted by Gasteiger charge is -2.28. The number of amides is 1. The molecule has 0 heterocycles. The molecule has 0 saturated carbocycles. The van der Waals surface area contributed by atoms with Crippen molar-refractivity contribution in [2.45, 2.75) is 97.9 Å². The summed E-state index contributed by atoms with van der Waals surface area (Å²) < 4.78 is 23.5. The molecule has 0 bridgehead atoms. The highest BCUT2D eigenvalue weighted by Gasteiger charge is 2.39. The van der Waals surface area contributed by atoms with E-state index in [0.29, 0.717) is 32.8 Å². The highest BCUT2D eigenvalue weighted by atomic mass is 28.4. The summed E-state index contributed by atoms with van der Waals surface area (Å²) in [6.07, 6.45) is 10.5. The molecular formula is C33H53N3O5Si. The Kier molecular flexibility index (Phi) is 18.7. The Bertz CT molecular complexity index is 985. The van der Waals surface area contributed by atoms with Crippen LogP contribution in [0.3, 0.4) is 0 Å². The van der Waals surface area contributed by atoms with E-state index in [1.165, 1.54) is 37.7 Å².